The lowest BCUT2D eigenvalue weighted by Crippen LogP contribution is -2.53. The first kappa shape index (κ1) is 18.5. The second kappa shape index (κ2) is 7.51. The third kappa shape index (κ3) is 3.76. The third-order valence-electron chi connectivity index (χ3n) is 5.05. The number of nitrogens with two attached hydrogens (primary N) is 1. The first-order valence-corrected chi connectivity index (χ1v) is 8.75. The maximum Gasteiger partial charge on any atom is 0.326 e. The second-order valence-electron chi connectivity index (χ2n) is 6.92. The molecule has 0 radical (unpaired) electrons. The molecule has 8 nitrogen and oxygen atoms in total. The summed E-state index contributed by atoms with van der Waals surface area (Å²) in [7, 11) is 0. The average molecular weight is 364 g/mol. The van der Waals surface area contributed by atoms with Crippen LogP contribution in [0.15, 0.2) is 18.2 Å². The van der Waals surface area contributed by atoms with E-state index in [1.54, 1.807) is 23.1 Å². The van der Waals surface area contributed by atoms with Crippen molar-refractivity contribution in [1.29, 1.82) is 0 Å². The molecule has 1 aromatic carbocycles. The van der Waals surface area contributed by atoms with E-state index in [2.05, 4.69) is 0 Å². The van der Waals surface area contributed by atoms with Crippen LogP contribution in [0.3, 0.4) is 0 Å². The molecule has 0 bridgehead atoms. The van der Waals surface area contributed by atoms with Crippen LogP contribution in [0, 0.1) is 5.92 Å². The van der Waals surface area contributed by atoms with Crippen LogP contribution in [-0.4, -0.2) is 65.4 Å². The fourth-order valence-corrected chi connectivity index (χ4v) is 3.43. The normalized spacial score (nSPS) is 19.7. The molecule has 0 saturated carbocycles. The van der Waals surface area contributed by atoms with Crippen LogP contribution in [0.5, 0.6) is 11.5 Å². The van der Waals surface area contributed by atoms with Crippen molar-refractivity contribution in [1.82, 2.24) is 4.90 Å². The average Bonchev–Trinajstić information content (AvgIpc) is 2.67. The van der Waals surface area contributed by atoms with Crippen LogP contribution in [0.25, 0.3) is 0 Å². The standard InChI is InChI=1S/C18H24N2O6/c19-18(11-21,17(23)24)10-12-3-5-20(6-4-12)16(22)13-1-2-14-15(9-13)26-8-7-25-14/h1-2,9,12,21H,3-8,10-11,19H2,(H,23,24)/t18-/m1/s1. The van der Waals surface area contributed by atoms with Crippen molar-refractivity contribution in [2.75, 3.05) is 32.9 Å². The Labute approximate surface area is 151 Å². The van der Waals surface area contributed by atoms with Gasteiger partial charge in [-0.3, -0.25) is 9.59 Å². The lowest BCUT2D eigenvalue weighted by Gasteiger charge is -2.35. The first-order valence-electron chi connectivity index (χ1n) is 8.75. The molecule has 1 atom stereocenters. The minimum absolute atomic E-state index is 0.0626. The zero-order chi connectivity index (χ0) is 18.7. The number of aliphatic hydroxyl groups is 1. The highest BCUT2D eigenvalue weighted by atomic mass is 16.6. The summed E-state index contributed by atoms with van der Waals surface area (Å²) in [4.78, 5) is 25.7. The number of ether oxygens (including phenoxy) is 2. The van der Waals surface area contributed by atoms with Crippen LogP contribution in [0.2, 0.25) is 0 Å². The van der Waals surface area contributed by atoms with Gasteiger partial charge in [-0.25, -0.2) is 0 Å². The van der Waals surface area contributed by atoms with Gasteiger partial charge in [-0.05, 0) is 43.4 Å². The summed E-state index contributed by atoms with van der Waals surface area (Å²) in [5.74, 6) is -0.0000447. The Morgan fingerprint density at radius 2 is 1.85 bits per heavy atom. The monoisotopic (exact) mass is 364 g/mol. The zero-order valence-corrected chi connectivity index (χ0v) is 14.5. The van der Waals surface area contributed by atoms with Crippen molar-refractivity contribution in [3.05, 3.63) is 23.8 Å². The largest absolute Gasteiger partial charge is 0.486 e. The molecule has 0 unspecified atom stereocenters. The van der Waals surface area contributed by atoms with Gasteiger partial charge in [-0.1, -0.05) is 0 Å². The zero-order valence-electron chi connectivity index (χ0n) is 14.5. The number of carbonyl (C=O) groups is 2. The number of carboxylic acid groups (broad SMARTS) is 1. The highest BCUT2D eigenvalue weighted by Crippen LogP contribution is 2.32. The molecule has 0 aromatic heterocycles. The van der Waals surface area contributed by atoms with Gasteiger partial charge in [0.15, 0.2) is 11.5 Å². The molecule has 1 saturated heterocycles. The molecule has 1 aromatic rings. The van der Waals surface area contributed by atoms with Crippen LogP contribution < -0.4 is 15.2 Å². The van der Waals surface area contributed by atoms with Gasteiger partial charge >= 0.3 is 5.97 Å². The van der Waals surface area contributed by atoms with Gasteiger partial charge in [0.25, 0.3) is 5.91 Å². The number of fused-ring (bicyclic) bond motifs is 1. The molecule has 2 heterocycles. The topological polar surface area (TPSA) is 122 Å². The number of hydrogen-bond acceptors (Lipinski definition) is 6. The van der Waals surface area contributed by atoms with E-state index in [0.717, 1.165) is 0 Å². The Bertz CT molecular complexity index is 686. The highest BCUT2D eigenvalue weighted by Gasteiger charge is 2.37. The Balaban J connectivity index is 1.59. The van der Waals surface area contributed by atoms with Crippen molar-refractivity contribution in [3.63, 3.8) is 0 Å². The number of aliphatic carboxylic acids is 1. The molecular weight excluding hydrogens is 340 g/mol. The number of aliphatic hydroxyl groups excluding tert-OH is 1. The van der Waals surface area contributed by atoms with Gasteiger partial charge in [-0.2, -0.15) is 0 Å². The Hall–Kier alpha value is -2.32. The summed E-state index contributed by atoms with van der Waals surface area (Å²) in [5, 5.41) is 18.5. The number of carbonyl (C=O) groups excluding carboxylic acids is 1. The predicted octanol–water partition coefficient (Wildman–Crippen LogP) is 0.474. The van der Waals surface area contributed by atoms with E-state index in [4.69, 9.17) is 15.2 Å². The minimum Gasteiger partial charge on any atom is -0.486 e. The number of hydrogen-bond donors (Lipinski definition) is 3. The molecule has 2 aliphatic heterocycles. The molecular formula is C18H24N2O6. The Morgan fingerprint density at radius 1 is 1.19 bits per heavy atom. The van der Waals surface area contributed by atoms with Crippen molar-refractivity contribution >= 4 is 11.9 Å². The van der Waals surface area contributed by atoms with Gasteiger partial charge < -0.3 is 30.3 Å². The lowest BCUT2D eigenvalue weighted by atomic mass is 9.83. The van der Waals surface area contributed by atoms with Crippen LogP contribution in [0.1, 0.15) is 29.6 Å². The highest BCUT2D eigenvalue weighted by molar-refractivity contribution is 5.95. The van der Waals surface area contributed by atoms with E-state index in [9.17, 15) is 19.8 Å². The SMILES string of the molecule is N[C@@](CO)(CC1CCN(C(=O)c2ccc3c(c2)OCCO3)CC1)C(=O)O. The van der Waals surface area contributed by atoms with Gasteiger partial charge in [0.2, 0.25) is 0 Å². The van der Waals surface area contributed by atoms with E-state index in [0.29, 0.717) is 56.2 Å². The van der Waals surface area contributed by atoms with Gasteiger partial charge in [-0.15, -0.1) is 0 Å². The fourth-order valence-electron chi connectivity index (χ4n) is 3.43. The molecule has 0 spiro atoms. The number of carboxylic acids is 1. The van der Waals surface area contributed by atoms with Gasteiger partial charge in [0, 0.05) is 18.7 Å². The molecule has 3 rings (SSSR count). The summed E-state index contributed by atoms with van der Waals surface area (Å²) < 4.78 is 11.0. The summed E-state index contributed by atoms with van der Waals surface area (Å²) >= 11 is 0. The number of amides is 1. The summed E-state index contributed by atoms with van der Waals surface area (Å²) in [5.41, 5.74) is 4.69. The quantitative estimate of drug-likeness (QED) is 0.694. The van der Waals surface area contributed by atoms with E-state index in [1.807, 2.05) is 0 Å². The number of benzene rings is 1. The second-order valence-corrected chi connectivity index (χ2v) is 6.92. The first-order chi connectivity index (χ1) is 12.4. The van der Waals surface area contributed by atoms with Crippen molar-refractivity contribution in [2.45, 2.75) is 24.8 Å². The fraction of sp³-hybridized carbons (Fsp3) is 0.556. The van der Waals surface area contributed by atoms with Gasteiger partial charge in [0.05, 0.1) is 6.61 Å². The molecule has 0 aliphatic carbocycles. The number of rotatable bonds is 5. The number of nitrogens with zero attached hydrogens (tertiary/aromatic N) is 1. The maximum atomic E-state index is 12.7. The van der Waals surface area contributed by atoms with Crippen LogP contribution in [-0.2, 0) is 4.79 Å². The van der Waals surface area contributed by atoms with Gasteiger partial charge in [0.1, 0.15) is 18.8 Å². The molecule has 2 aliphatic rings. The molecule has 8 heteroatoms. The predicted molar refractivity (Wildman–Crippen MR) is 92.3 cm³/mol. The molecule has 1 amide bonds. The molecule has 26 heavy (non-hydrogen) atoms. The van der Waals surface area contributed by atoms with E-state index in [-0.39, 0.29) is 18.2 Å². The van der Waals surface area contributed by atoms with Crippen molar-refractivity contribution in [3.8, 4) is 11.5 Å². The summed E-state index contributed by atoms with van der Waals surface area (Å²) in [6, 6.07) is 5.17. The smallest absolute Gasteiger partial charge is 0.326 e. The molecule has 142 valence electrons. The summed E-state index contributed by atoms with van der Waals surface area (Å²) in [6.07, 6.45) is 1.51. The van der Waals surface area contributed by atoms with Crippen molar-refractivity contribution in [2.24, 2.45) is 11.7 Å². The Morgan fingerprint density at radius 3 is 2.46 bits per heavy atom. The van der Waals surface area contributed by atoms with E-state index in [1.165, 1.54) is 0 Å². The number of likely N-dealkylation sites (tertiary alicyclic amines) is 1. The minimum atomic E-state index is -1.62. The Kier molecular flexibility index (Phi) is 5.33. The number of piperidine rings is 1. The van der Waals surface area contributed by atoms with Crippen molar-refractivity contribution < 1.29 is 29.3 Å². The van der Waals surface area contributed by atoms with E-state index < -0.39 is 18.1 Å². The van der Waals surface area contributed by atoms with E-state index >= 15 is 0 Å². The van der Waals surface area contributed by atoms with Crippen LogP contribution >= 0.6 is 0 Å². The molecule has 1 fully saturated rings. The maximum absolute atomic E-state index is 12.7. The van der Waals surface area contributed by atoms with Crippen LogP contribution in [0.4, 0.5) is 0 Å². The molecule has 4 N–H and O–H groups in total. The lowest BCUT2D eigenvalue weighted by molar-refractivity contribution is -0.146. The summed E-state index contributed by atoms with van der Waals surface area (Å²) in [6.45, 7) is 1.42. The third-order valence-corrected chi connectivity index (χ3v) is 5.05.